The maximum Gasteiger partial charge on any atom is 0.453 e. The van der Waals surface area contributed by atoms with E-state index in [1.165, 1.54) is 0 Å². The monoisotopic (exact) mass is 890 g/mol. The molecule has 0 saturated carbocycles. The Balaban J connectivity index is 1.68. The molecule has 1 aliphatic rings. The molecule has 5 aromatic rings. The van der Waals surface area contributed by atoms with Crippen molar-refractivity contribution >= 4 is 38.8 Å². The fraction of sp³-hybridized carbons (Fsp3) is 0.520. The molecule has 62 heavy (non-hydrogen) atoms. The van der Waals surface area contributed by atoms with Crippen molar-refractivity contribution < 1.29 is 46.2 Å². The van der Waals surface area contributed by atoms with Crippen LogP contribution in [0, 0.1) is 5.41 Å². The predicted molar refractivity (Wildman–Crippen MR) is 251 cm³/mol. The van der Waals surface area contributed by atoms with Gasteiger partial charge in [-0.05, 0) is 133 Å². The van der Waals surface area contributed by atoms with Gasteiger partial charge in [0.1, 0.15) is 34.2 Å². The number of hydrogen-bond acceptors (Lipinski definition) is 10. The highest BCUT2D eigenvalue weighted by Crippen LogP contribution is 2.54. The van der Waals surface area contributed by atoms with Crippen LogP contribution in [0.4, 0.5) is 0 Å². The van der Waals surface area contributed by atoms with Gasteiger partial charge in [-0.1, -0.05) is 73.6 Å². The molecule has 2 N–H and O–H groups in total. The van der Waals surface area contributed by atoms with Crippen molar-refractivity contribution in [2.45, 2.75) is 138 Å². The van der Waals surface area contributed by atoms with Crippen LogP contribution in [-0.4, -0.2) is 37.6 Å². The summed E-state index contributed by atoms with van der Waals surface area (Å²) in [4.78, 5) is 0. The highest BCUT2D eigenvalue weighted by atomic mass is 31.2. The number of ether oxygens (including phenoxy) is 2. The van der Waals surface area contributed by atoms with Crippen molar-refractivity contribution in [3.63, 3.8) is 0 Å². The van der Waals surface area contributed by atoms with E-state index >= 15 is 0 Å². The Bertz CT molecular complexity index is 2210. The summed E-state index contributed by atoms with van der Waals surface area (Å²) in [6, 6.07) is 16.1. The van der Waals surface area contributed by atoms with Gasteiger partial charge in [0.2, 0.25) is 0 Å². The van der Waals surface area contributed by atoms with E-state index in [0.717, 1.165) is 139 Å². The van der Waals surface area contributed by atoms with E-state index in [9.17, 15) is 10.2 Å². The van der Waals surface area contributed by atoms with Crippen molar-refractivity contribution in [1.29, 1.82) is 0 Å². The van der Waals surface area contributed by atoms with Gasteiger partial charge < -0.3 is 46.2 Å². The lowest BCUT2D eigenvalue weighted by Crippen LogP contribution is -2.29. The summed E-state index contributed by atoms with van der Waals surface area (Å²) in [5.41, 5.74) is 8.20. The van der Waals surface area contributed by atoms with E-state index in [0.29, 0.717) is 47.4 Å². The number of rotatable bonds is 22. The van der Waals surface area contributed by atoms with Crippen molar-refractivity contribution in [3.8, 4) is 34.1 Å². The molecule has 0 spiro atoms. The topological polar surface area (TPSA) is 122 Å². The Hall–Kier alpha value is -3.75. The Labute approximate surface area is 370 Å². The minimum absolute atomic E-state index is 0.117. The summed E-state index contributed by atoms with van der Waals surface area (Å²) in [6.45, 7) is 13.8. The molecule has 0 radical (unpaired) electrons. The second kappa shape index (κ2) is 22.7. The van der Waals surface area contributed by atoms with Gasteiger partial charge in [0, 0.05) is 27.3 Å². The lowest BCUT2D eigenvalue weighted by atomic mass is 9.94. The molecule has 338 valence electrons. The summed E-state index contributed by atoms with van der Waals surface area (Å²) in [7, 11) is -0.467. The first-order valence-corrected chi connectivity index (χ1v) is 24.8. The lowest BCUT2D eigenvalue weighted by molar-refractivity contribution is 0.0426. The minimum atomic E-state index is -2.14. The second-order valence-electron chi connectivity index (χ2n) is 17.2. The molecule has 2 heterocycles. The standard InChI is InChI=1S/C50H68O10P2/c1-9-13-17-21-39-27-41(54-8)29-45(44-28-40(53-7)26-38(20-16-12-4)48(44)57-61-55-32-50(5,6)33-56-61)49(39)60-62-58-46-36(18-14-10-2)22-34(30-51)24-42(46)43-25-35(31-52)23-37(19-15-11-3)47(43)59-62/h22-29,51-52H,9-21,30-33H2,1-8H3. The third kappa shape index (κ3) is 11.7. The average Bonchev–Trinajstić information content (AvgIpc) is 3.44. The highest BCUT2D eigenvalue weighted by Gasteiger charge is 2.33. The third-order valence-electron chi connectivity index (χ3n) is 11.4. The third-order valence-corrected chi connectivity index (χ3v) is 13.4. The van der Waals surface area contributed by atoms with E-state index in [1.807, 2.05) is 42.5 Å². The molecule has 12 heteroatoms. The number of hydrogen-bond donors (Lipinski definition) is 2. The number of methoxy groups -OCH3 is 2. The van der Waals surface area contributed by atoms with Gasteiger partial charge in [-0.25, -0.2) is 0 Å². The fourth-order valence-electron chi connectivity index (χ4n) is 7.83. The predicted octanol–water partition coefficient (Wildman–Crippen LogP) is 14.2. The van der Waals surface area contributed by atoms with E-state index in [1.54, 1.807) is 14.2 Å². The molecular weight excluding hydrogens is 822 g/mol. The molecular formula is C50H68O10P2. The normalized spacial score (nSPS) is 14.1. The van der Waals surface area contributed by atoms with Gasteiger partial charge in [0.25, 0.3) is 0 Å². The molecule has 0 unspecified atom stereocenters. The highest BCUT2D eigenvalue weighted by molar-refractivity contribution is 7.42. The second-order valence-corrected chi connectivity index (χ2v) is 19.3. The first kappa shape index (κ1) is 47.7. The molecule has 1 saturated heterocycles. The Kier molecular flexibility index (Phi) is 17.5. The number of aliphatic hydroxyl groups is 2. The van der Waals surface area contributed by atoms with Crippen LogP contribution < -0.4 is 18.5 Å². The van der Waals surface area contributed by atoms with Gasteiger partial charge in [-0.2, -0.15) is 0 Å². The minimum Gasteiger partial charge on any atom is -0.497 e. The number of aryl methyl sites for hydroxylation is 4. The summed E-state index contributed by atoms with van der Waals surface area (Å²) >= 11 is 0. The maximum absolute atomic E-state index is 10.5. The van der Waals surface area contributed by atoms with E-state index in [4.69, 9.17) is 36.0 Å². The van der Waals surface area contributed by atoms with Gasteiger partial charge in [-0.15, -0.1) is 0 Å². The quantitative estimate of drug-likeness (QED) is 0.0513. The number of fused-ring (bicyclic) bond motifs is 3. The number of unbranched alkanes of at least 4 members (excludes halogenated alkanes) is 5. The zero-order valence-corrected chi connectivity index (χ0v) is 40.0. The fourth-order valence-corrected chi connectivity index (χ4v) is 10.5. The first-order valence-electron chi connectivity index (χ1n) is 22.6. The van der Waals surface area contributed by atoms with Crippen LogP contribution in [0.25, 0.3) is 33.1 Å². The molecule has 0 amide bonds. The van der Waals surface area contributed by atoms with Crippen molar-refractivity contribution in [3.05, 3.63) is 81.9 Å². The zero-order chi connectivity index (χ0) is 44.2. The van der Waals surface area contributed by atoms with E-state index in [2.05, 4.69) is 47.6 Å². The van der Waals surface area contributed by atoms with Crippen molar-refractivity contribution in [2.75, 3.05) is 27.4 Å². The van der Waals surface area contributed by atoms with Crippen LogP contribution in [0.3, 0.4) is 0 Å². The Morgan fingerprint density at radius 3 is 1.42 bits per heavy atom. The summed E-state index contributed by atoms with van der Waals surface area (Å²) < 4.78 is 52.8. The molecule has 1 fully saturated rings. The Morgan fingerprint density at radius 1 is 0.548 bits per heavy atom. The van der Waals surface area contributed by atoms with Crippen molar-refractivity contribution in [1.82, 2.24) is 0 Å². The number of aliphatic hydroxyl groups excluding tert-OH is 2. The zero-order valence-electron chi connectivity index (χ0n) is 38.2. The van der Waals surface area contributed by atoms with Crippen LogP contribution in [-0.2, 0) is 47.9 Å². The summed E-state index contributed by atoms with van der Waals surface area (Å²) in [6.07, 6.45) is 11.8. The summed E-state index contributed by atoms with van der Waals surface area (Å²) in [5.74, 6) is 2.64. The van der Waals surface area contributed by atoms with Crippen LogP contribution >= 0.6 is 16.8 Å². The molecule has 0 atom stereocenters. The largest absolute Gasteiger partial charge is 0.497 e. The molecule has 10 nitrogen and oxygen atoms in total. The first-order chi connectivity index (χ1) is 30.1. The smallest absolute Gasteiger partial charge is 0.453 e. The van der Waals surface area contributed by atoms with Crippen molar-refractivity contribution in [2.24, 2.45) is 5.41 Å². The van der Waals surface area contributed by atoms with E-state index in [-0.39, 0.29) is 18.6 Å². The van der Waals surface area contributed by atoms with Crippen LogP contribution in [0.1, 0.15) is 133 Å². The SMILES string of the molecule is CCCCCc1cc(OC)cc(-c2cc(OC)cc(CCCC)c2OP2OCC(C)(C)CO2)c1Op1oc2c(CCCC)cc(CO)cc2c2cc(CO)cc(CCCC)c2o1. The molecule has 0 bridgehead atoms. The number of benzene rings is 4. The average molecular weight is 891 g/mol. The Morgan fingerprint density at radius 2 is 0.984 bits per heavy atom. The molecule has 4 aromatic carbocycles. The van der Waals surface area contributed by atoms with Gasteiger partial charge in [0.05, 0.1) is 40.6 Å². The summed E-state index contributed by atoms with van der Waals surface area (Å²) in [5, 5.41) is 22.6. The van der Waals surface area contributed by atoms with Crippen LogP contribution in [0.15, 0.2) is 56.9 Å². The molecule has 1 aliphatic heterocycles. The van der Waals surface area contributed by atoms with Gasteiger partial charge >= 0.3 is 16.8 Å². The van der Waals surface area contributed by atoms with Crippen LogP contribution in [0.2, 0.25) is 0 Å². The van der Waals surface area contributed by atoms with Gasteiger partial charge in [0.15, 0.2) is 0 Å². The van der Waals surface area contributed by atoms with Crippen LogP contribution in [0.5, 0.6) is 23.0 Å². The molecule has 1 aromatic heterocycles. The van der Waals surface area contributed by atoms with Gasteiger partial charge in [-0.3, -0.25) is 0 Å². The van der Waals surface area contributed by atoms with E-state index < -0.39 is 16.8 Å². The molecule has 6 rings (SSSR count). The molecule has 0 aliphatic carbocycles. The maximum atomic E-state index is 10.5. The lowest BCUT2D eigenvalue weighted by Gasteiger charge is -2.33.